The molecule has 0 N–H and O–H groups in total. The summed E-state index contributed by atoms with van der Waals surface area (Å²) in [7, 11) is 12.8. The van der Waals surface area contributed by atoms with Crippen molar-refractivity contribution in [2.75, 3.05) is 0 Å². The Morgan fingerprint density at radius 1 is 1.23 bits per heavy atom. The summed E-state index contributed by atoms with van der Waals surface area (Å²) in [5.74, 6) is 0. The fourth-order valence-corrected chi connectivity index (χ4v) is 3.84. The van der Waals surface area contributed by atoms with Crippen LogP contribution in [0.1, 0.15) is 77.5 Å². The number of hydrogen-bond acceptors (Lipinski definition) is 2. The summed E-state index contributed by atoms with van der Waals surface area (Å²) in [6.07, 6.45) is 16.0. The van der Waals surface area contributed by atoms with Gasteiger partial charge in [-0.1, -0.05) is 61.3 Å². The molecule has 1 fully saturated rings. The van der Waals surface area contributed by atoms with Crippen LogP contribution in [0.2, 0.25) is 0 Å². The quantitative estimate of drug-likeness (QED) is 0.325. The van der Waals surface area contributed by atoms with Gasteiger partial charge in [0.25, 0.3) is 5.56 Å². The van der Waals surface area contributed by atoms with Crippen molar-refractivity contribution in [2.24, 2.45) is 0 Å². The molecule has 0 amide bonds. The summed E-state index contributed by atoms with van der Waals surface area (Å²) in [5.41, 5.74) is 6.29. The fraction of sp³-hybridized carbons (Fsp3) is 0.462. The van der Waals surface area contributed by atoms with Gasteiger partial charge in [-0.2, -0.15) is 0 Å². The highest BCUT2D eigenvalue weighted by molar-refractivity contribution is 6.29. The summed E-state index contributed by atoms with van der Waals surface area (Å²) in [4.78, 5) is 18.3. The van der Waals surface area contributed by atoms with Crippen molar-refractivity contribution in [3.8, 4) is 0 Å². The first-order valence-electron chi connectivity index (χ1n) is 11.3. The van der Waals surface area contributed by atoms with E-state index in [2.05, 4.69) is 18.8 Å². The predicted octanol–water partition coefficient (Wildman–Crippen LogP) is 4.99. The van der Waals surface area contributed by atoms with Crippen molar-refractivity contribution < 1.29 is 0 Å². The van der Waals surface area contributed by atoms with Gasteiger partial charge < -0.3 is 4.57 Å². The molecular formula is C26H34B2N2O. The maximum atomic E-state index is 13.7. The highest BCUT2D eigenvalue weighted by Crippen LogP contribution is 2.30. The highest BCUT2D eigenvalue weighted by Gasteiger charge is 2.20. The van der Waals surface area contributed by atoms with Crippen LogP contribution in [0.5, 0.6) is 0 Å². The first kappa shape index (κ1) is 25.0. The minimum Gasteiger partial charge on any atom is -0.302 e. The Kier molecular flexibility index (Phi) is 9.61. The summed E-state index contributed by atoms with van der Waals surface area (Å²) in [6.45, 7) is 10.5. The molecule has 0 aliphatic heterocycles. The van der Waals surface area contributed by atoms with Crippen molar-refractivity contribution in [1.29, 1.82) is 0 Å². The van der Waals surface area contributed by atoms with Gasteiger partial charge in [0.15, 0.2) is 7.85 Å². The molecule has 0 saturated heterocycles. The maximum absolute atomic E-state index is 13.7. The van der Waals surface area contributed by atoms with E-state index in [-0.39, 0.29) is 11.3 Å². The van der Waals surface area contributed by atoms with Crippen LogP contribution in [-0.2, 0) is 6.54 Å². The van der Waals surface area contributed by atoms with Gasteiger partial charge in [0.05, 0.1) is 17.0 Å². The van der Waals surface area contributed by atoms with Gasteiger partial charge in [-0.25, -0.2) is 0 Å². The molecule has 0 spiro atoms. The summed E-state index contributed by atoms with van der Waals surface area (Å²) >= 11 is 0. The molecule has 1 aliphatic rings. The summed E-state index contributed by atoms with van der Waals surface area (Å²) < 4.78 is 1.60. The van der Waals surface area contributed by atoms with Crippen molar-refractivity contribution in [2.45, 2.75) is 79.7 Å². The van der Waals surface area contributed by atoms with Crippen LogP contribution in [0.15, 0.2) is 57.4 Å². The topological polar surface area (TPSA) is 34.9 Å². The van der Waals surface area contributed by atoms with Gasteiger partial charge in [-0.15, -0.1) is 5.47 Å². The van der Waals surface area contributed by atoms with E-state index in [1.807, 2.05) is 51.2 Å². The lowest BCUT2D eigenvalue weighted by Crippen LogP contribution is -2.39. The first-order valence-corrected chi connectivity index (χ1v) is 11.3. The number of rotatable bonds is 9. The van der Waals surface area contributed by atoms with Crippen LogP contribution in [0.25, 0.3) is 5.57 Å². The van der Waals surface area contributed by atoms with Crippen LogP contribution in [-0.4, -0.2) is 25.2 Å². The lowest BCUT2D eigenvalue weighted by Gasteiger charge is -2.23. The average Bonchev–Trinajstić information content (AvgIpc) is 2.68. The molecule has 1 heterocycles. The fourth-order valence-electron chi connectivity index (χ4n) is 3.84. The molecule has 4 radical (unpaired) electrons. The second kappa shape index (κ2) is 11.9. The van der Waals surface area contributed by atoms with E-state index < -0.39 is 0 Å². The Morgan fingerprint density at radius 2 is 1.94 bits per heavy atom. The number of allylic oxidation sites excluding steroid dienone is 10. The predicted molar refractivity (Wildman–Crippen MR) is 135 cm³/mol. The number of hydrogen-bond donors (Lipinski definition) is 0. The van der Waals surface area contributed by atoms with Crippen LogP contribution in [0.3, 0.4) is 0 Å². The molecule has 31 heavy (non-hydrogen) atoms. The van der Waals surface area contributed by atoms with E-state index in [0.29, 0.717) is 23.3 Å². The summed E-state index contributed by atoms with van der Waals surface area (Å²) in [5, 5.41) is 0. The van der Waals surface area contributed by atoms with Gasteiger partial charge in [0, 0.05) is 6.54 Å². The number of nitrogens with zero attached hydrogens (tertiary/aromatic N) is 2. The molecule has 1 saturated carbocycles. The van der Waals surface area contributed by atoms with E-state index in [1.54, 1.807) is 4.57 Å². The normalized spacial score (nSPS) is 15.5. The Hall–Kier alpha value is -2.29. The average molecular weight is 412 g/mol. The van der Waals surface area contributed by atoms with Crippen molar-refractivity contribution in [3.63, 3.8) is 0 Å². The lowest BCUT2D eigenvalue weighted by atomic mass is 9.79. The summed E-state index contributed by atoms with van der Waals surface area (Å²) in [6, 6.07) is 0. The zero-order valence-corrected chi connectivity index (χ0v) is 19.8. The van der Waals surface area contributed by atoms with Crippen LogP contribution in [0.4, 0.5) is 0 Å². The van der Waals surface area contributed by atoms with Crippen LogP contribution < -0.4 is 11.3 Å². The van der Waals surface area contributed by atoms with Crippen molar-refractivity contribution in [1.82, 2.24) is 9.55 Å². The highest BCUT2D eigenvalue weighted by atomic mass is 16.1. The van der Waals surface area contributed by atoms with Gasteiger partial charge >= 0.3 is 0 Å². The molecule has 0 unspecified atom stereocenters. The Bertz CT molecular complexity index is 1000. The van der Waals surface area contributed by atoms with Gasteiger partial charge in [-0.3, -0.25) is 9.78 Å². The molecular weight excluding hydrogens is 378 g/mol. The Labute approximate surface area is 190 Å². The van der Waals surface area contributed by atoms with Crippen LogP contribution in [0, 0.1) is 6.92 Å². The molecule has 2 rings (SSSR count). The number of unbranched alkanes of at least 4 members (excludes halogenated alkanes) is 1. The molecule has 1 aromatic rings. The van der Waals surface area contributed by atoms with Gasteiger partial charge in [-0.05, 0) is 64.5 Å². The van der Waals surface area contributed by atoms with Crippen LogP contribution >= 0.6 is 0 Å². The minimum atomic E-state index is -0.130. The Balaban J connectivity index is 2.75. The molecule has 3 nitrogen and oxygen atoms in total. The third-order valence-corrected chi connectivity index (χ3v) is 5.81. The monoisotopic (exact) mass is 412 g/mol. The smallest absolute Gasteiger partial charge is 0.261 e. The molecule has 5 heteroatoms. The second-order valence-electron chi connectivity index (χ2n) is 8.21. The second-order valence-corrected chi connectivity index (χ2v) is 8.21. The first-order chi connectivity index (χ1) is 14.8. The van der Waals surface area contributed by atoms with E-state index in [9.17, 15) is 4.79 Å². The lowest BCUT2D eigenvalue weighted by molar-refractivity contribution is 0.626. The van der Waals surface area contributed by atoms with Crippen molar-refractivity contribution in [3.05, 3.63) is 74.2 Å². The molecule has 0 bridgehead atoms. The third-order valence-electron chi connectivity index (χ3n) is 5.81. The minimum absolute atomic E-state index is 0.130. The van der Waals surface area contributed by atoms with E-state index in [1.165, 1.54) is 17.6 Å². The SMILES string of the molecule is [B]\C(CCCC)=C(C(/C=C\C)=C/C=C\C)\c1c(C)nc([B])n(CC(C)=C2CCC2)c1=O. The Morgan fingerprint density at radius 3 is 2.48 bits per heavy atom. The van der Waals surface area contributed by atoms with E-state index in [4.69, 9.17) is 15.7 Å². The zero-order valence-electron chi connectivity index (χ0n) is 19.8. The third kappa shape index (κ3) is 6.12. The van der Waals surface area contributed by atoms with Gasteiger partial charge in [0.2, 0.25) is 0 Å². The standard InChI is InChI=1S/C26H34B2N2O/c1-6-9-13-21(12-8-3)24(22(27)16-10-7-2)23-19(5)29-26(28)30(25(23)31)17-18(4)20-14-11-15-20/h6,8-9,12-13H,7,10-11,14-17H2,1-5H3/b9-6-,12-8-,21-13+,24-22+. The zero-order chi connectivity index (χ0) is 23.0. The maximum Gasteiger partial charge on any atom is 0.261 e. The van der Waals surface area contributed by atoms with Gasteiger partial charge in [0.1, 0.15) is 7.85 Å². The number of aryl methyl sites for hydroxylation is 1. The molecule has 1 aromatic heterocycles. The molecule has 160 valence electrons. The van der Waals surface area contributed by atoms with Crippen molar-refractivity contribution >= 4 is 27.0 Å². The number of aromatic nitrogens is 2. The molecule has 1 aliphatic carbocycles. The largest absolute Gasteiger partial charge is 0.302 e. The molecule has 0 atom stereocenters. The molecule has 0 aromatic carbocycles. The van der Waals surface area contributed by atoms with E-state index >= 15 is 0 Å². The van der Waals surface area contributed by atoms with E-state index in [0.717, 1.165) is 43.3 Å².